The van der Waals surface area contributed by atoms with Crippen LogP contribution in [0, 0.1) is 5.92 Å². The standard InChI is InChI=1S/C14H16N2O3/c1-9-10(16-17)8-11(12-4-2-6-18-12)15-14(9)13-5-3-7-19-13/h2-7,9,11,14-15,17H,8H2,1H3/b16-10+/t9-,11-,14+/m1/s1. The van der Waals surface area contributed by atoms with Crippen LogP contribution in [0.1, 0.15) is 36.9 Å². The Labute approximate surface area is 110 Å². The molecule has 0 aromatic carbocycles. The van der Waals surface area contributed by atoms with E-state index in [-0.39, 0.29) is 18.0 Å². The molecule has 0 saturated carbocycles. The molecule has 1 fully saturated rings. The van der Waals surface area contributed by atoms with E-state index in [0.29, 0.717) is 6.42 Å². The van der Waals surface area contributed by atoms with Gasteiger partial charge in [0.25, 0.3) is 0 Å². The molecule has 2 aromatic rings. The molecule has 19 heavy (non-hydrogen) atoms. The lowest BCUT2D eigenvalue weighted by atomic mass is 9.85. The molecule has 0 spiro atoms. The Balaban J connectivity index is 1.91. The number of nitrogens with zero attached hydrogens (tertiary/aromatic N) is 1. The maximum absolute atomic E-state index is 9.19. The topological polar surface area (TPSA) is 70.9 Å². The molecule has 2 N–H and O–H groups in total. The Morgan fingerprint density at radius 3 is 2.47 bits per heavy atom. The predicted molar refractivity (Wildman–Crippen MR) is 69.0 cm³/mol. The van der Waals surface area contributed by atoms with E-state index in [9.17, 15) is 5.21 Å². The van der Waals surface area contributed by atoms with Gasteiger partial charge in [0.1, 0.15) is 11.5 Å². The van der Waals surface area contributed by atoms with Crippen molar-refractivity contribution in [1.29, 1.82) is 0 Å². The maximum Gasteiger partial charge on any atom is 0.121 e. The zero-order valence-electron chi connectivity index (χ0n) is 10.6. The summed E-state index contributed by atoms with van der Waals surface area (Å²) in [6, 6.07) is 7.52. The normalized spacial score (nSPS) is 29.7. The van der Waals surface area contributed by atoms with Gasteiger partial charge >= 0.3 is 0 Å². The molecule has 5 nitrogen and oxygen atoms in total. The van der Waals surface area contributed by atoms with Gasteiger partial charge in [-0.2, -0.15) is 0 Å². The first-order chi connectivity index (χ1) is 9.29. The van der Waals surface area contributed by atoms with Crippen molar-refractivity contribution in [2.45, 2.75) is 25.4 Å². The lowest BCUT2D eigenvalue weighted by Crippen LogP contribution is -2.41. The van der Waals surface area contributed by atoms with E-state index in [1.807, 2.05) is 31.2 Å². The van der Waals surface area contributed by atoms with Crippen LogP contribution in [0.15, 0.2) is 50.8 Å². The molecule has 100 valence electrons. The Hall–Kier alpha value is -2.01. The third kappa shape index (κ3) is 2.17. The summed E-state index contributed by atoms with van der Waals surface area (Å²) in [5.74, 6) is 1.75. The summed E-state index contributed by atoms with van der Waals surface area (Å²) in [4.78, 5) is 0. The number of oxime groups is 1. The van der Waals surface area contributed by atoms with Crippen molar-refractivity contribution < 1.29 is 14.0 Å². The Bertz CT molecular complexity index is 545. The highest BCUT2D eigenvalue weighted by atomic mass is 16.4. The monoisotopic (exact) mass is 260 g/mol. The van der Waals surface area contributed by atoms with Crippen molar-refractivity contribution in [3.63, 3.8) is 0 Å². The van der Waals surface area contributed by atoms with E-state index in [1.54, 1.807) is 12.5 Å². The molecule has 1 aliphatic rings. The number of rotatable bonds is 2. The van der Waals surface area contributed by atoms with Crippen molar-refractivity contribution in [1.82, 2.24) is 5.32 Å². The smallest absolute Gasteiger partial charge is 0.121 e. The van der Waals surface area contributed by atoms with E-state index in [0.717, 1.165) is 17.2 Å². The quantitative estimate of drug-likeness (QED) is 0.643. The molecule has 1 saturated heterocycles. The molecular weight excluding hydrogens is 244 g/mol. The molecule has 0 bridgehead atoms. The summed E-state index contributed by atoms with van der Waals surface area (Å²) in [7, 11) is 0. The van der Waals surface area contributed by atoms with Crippen molar-refractivity contribution in [3.8, 4) is 0 Å². The fraction of sp³-hybridized carbons (Fsp3) is 0.357. The minimum Gasteiger partial charge on any atom is -0.468 e. The van der Waals surface area contributed by atoms with Gasteiger partial charge in [0, 0.05) is 12.3 Å². The van der Waals surface area contributed by atoms with E-state index in [1.165, 1.54) is 0 Å². The fourth-order valence-corrected chi connectivity index (χ4v) is 2.61. The number of piperidine rings is 1. The highest BCUT2D eigenvalue weighted by Gasteiger charge is 2.36. The first kappa shape index (κ1) is 12.0. The van der Waals surface area contributed by atoms with Gasteiger partial charge in [-0.25, -0.2) is 0 Å². The summed E-state index contributed by atoms with van der Waals surface area (Å²) in [5.41, 5.74) is 0.751. The fourth-order valence-electron chi connectivity index (χ4n) is 2.61. The van der Waals surface area contributed by atoms with Crippen LogP contribution >= 0.6 is 0 Å². The van der Waals surface area contributed by atoms with Crippen LogP contribution < -0.4 is 5.32 Å². The summed E-state index contributed by atoms with van der Waals surface area (Å²) in [5, 5.41) is 16.1. The largest absolute Gasteiger partial charge is 0.468 e. The van der Waals surface area contributed by atoms with Gasteiger partial charge in [0.2, 0.25) is 0 Å². The van der Waals surface area contributed by atoms with Crippen LogP contribution in [-0.2, 0) is 0 Å². The predicted octanol–water partition coefficient (Wildman–Crippen LogP) is 3.11. The lowest BCUT2D eigenvalue weighted by molar-refractivity contribution is 0.267. The molecule has 0 radical (unpaired) electrons. The number of hydrogen-bond donors (Lipinski definition) is 2. The molecule has 3 heterocycles. The highest BCUT2D eigenvalue weighted by molar-refractivity contribution is 5.88. The van der Waals surface area contributed by atoms with E-state index >= 15 is 0 Å². The first-order valence-corrected chi connectivity index (χ1v) is 6.33. The molecule has 0 aliphatic carbocycles. The van der Waals surface area contributed by atoms with Gasteiger partial charge in [-0.1, -0.05) is 12.1 Å². The Morgan fingerprint density at radius 1 is 1.21 bits per heavy atom. The molecule has 3 rings (SSSR count). The summed E-state index contributed by atoms with van der Waals surface area (Å²) < 4.78 is 10.9. The highest BCUT2D eigenvalue weighted by Crippen LogP contribution is 2.35. The molecule has 5 heteroatoms. The third-order valence-electron chi connectivity index (χ3n) is 3.68. The van der Waals surface area contributed by atoms with E-state index < -0.39 is 0 Å². The second-order valence-electron chi connectivity index (χ2n) is 4.81. The van der Waals surface area contributed by atoms with Crippen LogP contribution in [-0.4, -0.2) is 10.9 Å². The molecule has 2 aromatic heterocycles. The average molecular weight is 260 g/mol. The van der Waals surface area contributed by atoms with Gasteiger partial charge in [-0.05, 0) is 24.3 Å². The molecule has 1 aliphatic heterocycles. The zero-order chi connectivity index (χ0) is 13.2. The minimum absolute atomic E-state index is 0.00722. The number of hydrogen-bond acceptors (Lipinski definition) is 5. The van der Waals surface area contributed by atoms with Gasteiger partial charge < -0.3 is 14.0 Å². The van der Waals surface area contributed by atoms with E-state index in [4.69, 9.17) is 8.83 Å². The van der Waals surface area contributed by atoms with Gasteiger partial charge in [-0.15, -0.1) is 0 Å². The van der Waals surface area contributed by atoms with Crippen LogP contribution in [0.2, 0.25) is 0 Å². The maximum atomic E-state index is 9.19. The Morgan fingerprint density at radius 2 is 1.89 bits per heavy atom. The molecular formula is C14H16N2O3. The summed E-state index contributed by atoms with van der Waals surface area (Å²) >= 11 is 0. The van der Waals surface area contributed by atoms with Crippen LogP contribution in [0.4, 0.5) is 0 Å². The molecule has 3 atom stereocenters. The second kappa shape index (κ2) is 4.93. The van der Waals surface area contributed by atoms with Gasteiger partial charge in [0.05, 0.1) is 30.3 Å². The van der Waals surface area contributed by atoms with Crippen molar-refractivity contribution in [2.75, 3.05) is 0 Å². The SMILES string of the molecule is C[C@@H]1/C(=N/O)C[C@H](c2ccco2)N[C@@H]1c1ccco1. The second-order valence-corrected chi connectivity index (χ2v) is 4.81. The summed E-state index contributed by atoms with van der Waals surface area (Å²) in [6.45, 7) is 2.02. The average Bonchev–Trinajstić information content (AvgIpc) is 3.12. The van der Waals surface area contributed by atoms with Gasteiger partial charge in [-0.3, -0.25) is 5.32 Å². The number of nitrogens with one attached hydrogen (secondary N) is 1. The zero-order valence-corrected chi connectivity index (χ0v) is 10.6. The van der Waals surface area contributed by atoms with Crippen molar-refractivity contribution >= 4 is 5.71 Å². The lowest BCUT2D eigenvalue weighted by Gasteiger charge is -2.34. The Kier molecular flexibility index (Phi) is 3.13. The van der Waals surface area contributed by atoms with Crippen molar-refractivity contribution in [3.05, 3.63) is 48.3 Å². The first-order valence-electron chi connectivity index (χ1n) is 6.33. The van der Waals surface area contributed by atoms with Crippen LogP contribution in [0.25, 0.3) is 0 Å². The van der Waals surface area contributed by atoms with Crippen molar-refractivity contribution in [2.24, 2.45) is 11.1 Å². The molecule has 0 amide bonds. The summed E-state index contributed by atoms with van der Waals surface area (Å²) in [6.07, 6.45) is 3.92. The van der Waals surface area contributed by atoms with Crippen LogP contribution in [0.3, 0.4) is 0 Å². The van der Waals surface area contributed by atoms with Gasteiger partial charge in [0.15, 0.2) is 0 Å². The molecule has 0 unspecified atom stereocenters. The minimum atomic E-state index is -0.0234. The van der Waals surface area contributed by atoms with E-state index in [2.05, 4.69) is 10.5 Å². The number of furan rings is 2. The third-order valence-corrected chi connectivity index (χ3v) is 3.68. The van der Waals surface area contributed by atoms with Crippen LogP contribution in [0.5, 0.6) is 0 Å².